The third-order valence-corrected chi connectivity index (χ3v) is 7.82. The van der Waals surface area contributed by atoms with Gasteiger partial charge in [0.2, 0.25) is 5.56 Å². The number of carboxylic acid groups (broad SMARTS) is 2. The second kappa shape index (κ2) is 11.1. The molecule has 0 aliphatic carbocycles. The molecule has 0 saturated carbocycles. The number of aromatic carboxylic acids is 1. The lowest BCUT2D eigenvalue weighted by atomic mass is 9.90. The number of H-pyrrole nitrogens is 1. The topological polar surface area (TPSA) is 164 Å². The lowest BCUT2D eigenvalue weighted by Gasteiger charge is -2.21. The zero-order valence-electron chi connectivity index (χ0n) is 22.9. The first-order chi connectivity index (χ1) is 20.0. The first-order valence-corrected chi connectivity index (χ1v) is 14.2. The zero-order chi connectivity index (χ0) is 30.3. The molecule has 0 amide bonds. The van der Waals surface area contributed by atoms with Crippen LogP contribution in [0.25, 0.3) is 33.1 Å². The number of fused-ring (bicyclic) bond motifs is 2. The molecule has 0 bridgehead atoms. The van der Waals surface area contributed by atoms with Gasteiger partial charge in [-0.15, -0.1) is 11.8 Å². The van der Waals surface area contributed by atoms with Crippen molar-refractivity contribution >= 4 is 45.6 Å². The third-order valence-electron chi connectivity index (χ3n) is 6.98. The molecule has 12 heteroatoms. The minimum Gasteiger partial charge on any atom is -0.480 e. The Bertz CT molecular complexity index is 2090. The van der Waals surface area contributed by atoms with Crippen molar-refractivity contribution in [3.63, 3.8) is 0 Å². The van der Waals surface area contributed by atoms with Crippen LogP contribution in [0.15, 0.2) is 73.9 Å². The van der Waals surface area contributed by atoms with Gasteiger partial charge in [0.1, 0.15) is 6.54 Å². The van der Waals surface area contributed by atoms with Crippen molar-refractivity contribution in [1.29, 1.82) is 0 Å². The van der Waals surface area contributed by atoms with E-state index in [1.807, 2.05) is 18.4 Å². The number of aromatic nitrogens is 4. The highest BCUT2D eigenvalue weighted by molar-refractivity contribution is 7.98. The predicted molar refractivity (Wildman–Crippen MR) is 160 cm³/mol. The molecule has 0 spiro atoms. The van der Waals surface area contributed by atoms with Crippen LogP contribution in [-0.2, 0) is 17.9 Å². The van der Waals surface area contributed by atoms with Crippen molar-refractivity contribution < 1.29 is 19.8 Å². The summed E-state index contributed by atoms with van der Waals surface area (Å²) < 4.78 is 1.76. The van der Waals surface area contributed by atoms with Crippen molar-refractivity contribution in [3.05, 3.63) is 103 Å². The molecule has 5 rings (SSSR count). The maximum absolute atomic E-state index is 14.0. The number of carboxylic acids is 2. The molecule has 2 aromatic carbocycles. The average molecular weight is 587 g/mol. The van der Waals surface area contributed by atoms with Crippen LogP contribution in [0.5, 0.6) is 0 Å². The van der Waals surface area contributed by atoms with Gasteiger partial charge in [0.25, 0.3) is 5.56 Å². The largest absolute Gasteiger partial charge is 0.480 e. The SMILES string of the molecule is CSc1ccccc1Cn1c(=O)n(CC(=O)O)c(=O)c2c(-c3cc(=O)[nH]c4ccccc34)c(C(=O)O)c(C(C)C)nc21. The first-order valence-electron chi connectivity index (χ1n) is 12.9. The fourth-order valence-corrected chi connectivity index (χ4v) is 5.79. The molecule has 0 aliphatic rings. The Hall–Kier alpha value is -4.97. The third kappa shape index (κ3) is 4.90. The standard InChI is InChI=1S/C30H26N4O7S/c1-15(2)26-24(29(39)40)23(18-12-21(35)31-19-10-6-5-9-17(18)19)25-27(32-26)33(13-16-8-4-7-11-20(16)42-3)30(41)34(28(25)38)14-22(36)37/h4-12,15H,13-14H2,1-3H3,(H,31,35)(H,36,37)(H,39,40). The van der Waals surface area contributed by atoms with E-state index in [0.717, 1.165) is 4.90 Å². The van der Waals surface area contributed by atoms with E-state index in [2.05, 4.69) is 9.97 Å². The number of para-hydroxylation sites is 1. The highest BCUT2D eigenvalue weighted by atomic mass is 32.2. The minimum atomic E-state index is -1.43. The summed E-state index contributed by atoms with van der Waals surface area (Å²) in [6.07, 6.45) is 1.87. The van der Waals surface area contributed by atoms with Crippen molar-refractivity contribution in [2.45, 2.75) is 37.8 Å². The monoisotopic (exact) mass is 586 g/mol. The average Bonchev–Trinajstić information content (AvgIpc) is 2.95. The molecule has 0 saturated heterocycles. The number of carbonyl (C=O) groups is 2. The van der Waals surface area contributed by atoms with Crippen molar-refractivity contribution in [1.82, 2.24) is 19.1 Å². The maximum atomic E-state index is 14.0. The summed E-state index contributed by atoms with van der Waals surface area (Å²) in [5.74, 6) is -3.28. The maximum Gasteiger partial charge on any atom is 0.338 e. The number of hydrogen-bond acceptors (Lipinski definition) is 7. The zero-order valence-corrected chi connectivity index (χ0v) is 23.7. The second-order valence-corrected chi connectivity index (χ2v) is 10.8. The van der Waals surface area contributed by atoms with Crippen LogP contribution in [0.2, 0.25) is 0 Å². The molecule has 5 aromatic rings. The van der Waals surface area contributed by atoms with Crippen LogP contribution in [-0.4, -0.2) is 47.5 Å². The Kier molecular flexibility index (Phi) is 7.57. The van der Waals surface area contributed by atoms with E-state index in [1.165, 1.54) is 22.4 Å². The molecule has 0 atom stereocenters. The van der Waals surface area contributed by atoms with Gasteiger partial charge in [-0.05, 0) is 35.4 Å². The van der Waals surface area contributed by atoms with E-state index in [-0.39, 0.29) is 40.0 Å². The van der Waals surface area contributed by atoms with Crippen molar-refractivity contribution in [2.24, 2.45) is 0 Å². The summed E-state index contributed by atoms with van der Waals surface area (Å²) in [4.78, 5) is 73.5. The normalized spacial score (nSPS) is 11.4. The summed E-state index contributed by atoms with van der Waals surface area (Å²) >= 11 is 1.45. The molecule has 0 unspecified atom stereocenters. The Balaban J connectivity index is 2.08. The summed E-state index contributed by atoms with van der Waals surface area (Å²) in [5.41, 5.74) is -1.59. The number of hydrogen-bond donors (Lipinski definition) is 3. The molecule has 214 valence electrons. The van der Waals surface area contributed by atoms with Crippen LogP contribution < -0.4 is 16.8 Å². The van der Waals surface area contributed by atoms with E-state index in [1.54, 1.807) is 50.2 Å². The second-order valence-electron chi connectivity index (χ2n) is 9.96. The Morgan fingerprint density at radius 1 is 1.00 bits per heavy atom. The molecule has 42 heavy (non-hydrogen) atoms. The fourth-order valence-electron chi connectivity index (χ4n) is 5.18. The number of rotatable bonds is 8. The van der Waals surface area contributed by atoms with Gasteiger partial charge < -0.3 is 15.2 Å². The number of benzene rings is 2. The smallest absolute Gasteiger partial charge is 0.338 e. The van der Waals surface area contributed by atoms with E-state index >= 15 is 0 Å². The molecule has 3 aromatic heterocycles. The van der Waals surface area contributed by atoms with Gasteiger partial charge in [0.15, 0.2) is 5.65 Å². The highest BCUT2D eigenvalue weighted by Crippen LogP contribution is 2.37. The number of nitrogens with one attached hydrogen (secondary N) is 1. The van der Waals surface area contributed by atoms with E-state index in [4.69, 9.17) is 0 Å². The fraction of sp³-hybridized carbons (Fsp3) is 0.200. The molecule has 3 N–H and O–H groups in total. The van der Waals surface area contributed by atoms with E-state index < -0.39 is 41.2 Å². The van der Waals surface area contributed by atoms with Crippen LogP contribution in [0.4, 0.5) is 0 Å². The van der Waals surface area contributed by atoms with Gasteiger partial charge in [-0.3, -0.25) is 19.0 Å². The van der Waals surface area contributed by atoms with Crippen LogP contribution in [0.3, 0.4) is 0 Å². The minimum absolute atomic E-state index is 0.0707. The Morgan fingerprint density at radius 3 is 2.36 bits per heavy atom. The number of nitrogens with zero attached hydrogens (tertiary/aromatic N) is 3. The molecule has 0 fully saturated rings. The molecule has 0 radical (unpaired) electrons. The number of aliphatic carboxylic acids is 1. The van der Waals surface area contributed by atoms with Crippen LogP contribution in [0.1, 0.15) is 41.4 Å². The Morgan fingerprint density at radius 2 is 1.69 bits per heavy atom. The van der Waals surface area contributed by atoms with E-state index in [0.29, 0.717) is 21.0 Å². The van der Waals surface area contributed by atoms with Gasteiger partial charge in [0.05, 0.1) is 23.2 Å². The number of thioether (sulfide) groups is 1. The number of aromatic amines is 1. The lowest BCUT2D eigenvalue weighted by Crippen LogP contribution is -2.42. The van der Waals surface area contributed by atoms with Gasteiger partial charge in [0, 0.05) is 27.4 Å². The Labute approximate surface area is 242 Å². The van der Waals surface area contributed by atoms with Gasteiger partial charge in [-0.25, -0.2) is 19.1 Å². The van der Waals surface area contributed by atoms with Crippen LogP contribution >= 0.6 is 11.8 Å². The van der Waals surface area contributed by atoms with E-state index in [9.17, 15) is 34.2 Å². The van der Waals surface area contributed by atoms with Gasteiger partial charge >= 0.3 is 17.6 Å². The molecular weight excluding hydrogens is 560 g/mol. The molecule has 11 nitrogen and oxygen atoms in total. The predicted octanol–water partition coefficient (Wildman–Crippen LogP) is 3.74. The van der Waals surface area contributed by atoms with Crippen molar-refractivity contribution in [2.75, 3.05) is 6.26 Å². The van der Waals surface area contributed by atoms with Gasteiger partial charge in [-0.2, -0.15) is 0 Å². The number of pyridine rings is 2. The summed E-state index contributed by atoms with van der Waals surface area (Å²) in [6, 6.07) is 15.2. The summed E-state index contributed by atoms with van der Waals surface area (Å²) in [7, 11) is 0. The van der Waals surface area contributed by atoms with Gasteiger partial charge in [-0.1, -0.05) is 50.2 Å². The highest BCUT2D eigenvalue weighted by Gasteiger charge is 2.30. The van der Waals surface area contributed by atoms with Crippen molar-refractivity contribution in [3.8, 4) is 11.1 Å². The molecule has 0 aliphatic heterocycles. The molecular formula is C30H26N4O7S. The first kappa shape index (κ1) is 28.6. The summed E-state index contributed by atoms with van der Waals surface area (Å²) in [6.45, 7) is 2.44. The van der Waals surface area contributed by atoms with Crippen LogP contribution in [0, 0.1) is 0 Å². The lowest BCUT2D eigenvalue weighted by molar-refractivity contribution is -0.137. The summed E-state index contributed by atoms with van der Waals surface area (Å²) in [5, 5.41) is 20.3. The molecule has 3 heterocycles. The quantitative estimate of drug-likeness (QED) is 0.230.